The highest BCUT2D eigenvalue weighted by Gasteiger charge is 2.28. The average molecular weight is 520 g/mol. The van der Waals surface area contributed by atoms with Crippen molar-refractivity contribution in [2.75, 3.05) is 17.1 Å². The summed E-state index contributed by atoms with van der Waals surface area (Å²) in [6, 6.07) is 10.8. The Morgan fingerprint density at radius 1 is 1.08 bits per heavy atom. The highest BCUT2D eigenvalue weighted by atomic mass is 32.2. The topological polar surface area (TPSA) is 86.8 Å². The van der Waals surface area contributed by atoms with Crippen LogP contribution in [0, 0.1) is 19.7 Å². The monoisotopic (exact) mass is 519 g/mol. The van der Waals surface area contributed by atoms with E-state index in [9.17, 15) is 22.4 Å². The van der Waals surface area contributed by atoms with Crippen LogP contribution >= 0.6 is 0 Å². The number of nitrogens with zero attached hydrogens (tertiary/aromatic N) is 2. The lowest BCUT2D eigenvalue weighted by Crippen LogP contribution is -2.49. The zero-order chi connectivity index (χ0) is 27.0. The first-order chi connectivity index (χ1) is 16.8. The van der Waals surface area contributed by atoms with Gasteiger partial charge in [0.05, 0.1) is 11.9 Å². The summed E-state index contributed by atoms with van der Waals surface area (Å²) in [5.41, 5.74) is 2.63. The maximum absolute atomic E-state index is 14.4. The molecule has 0 aliphatic heterocycles. The largest absolute Gasteiger partial charge is 0.352 e. The van der Waals surface area contributed by atoms with Crippen LogP contribution in [0.1, 0.15) is 56.7 Å². The fourth-order valence-electron chi connectivity index (χ4n) is 3.83. The van der Waals surface area contributed by atoms with Crippen LogP contribution < -0.4 is 9.62 Å². The second kappa shape index (κ2) is 12.9. The number of nitrogens with one attached hydrogen (secondary N) is 1. The Hall–Kier alpha value is -2.94. The number of rotatable bonds is 12. The van der Waals surface area contributed by atoms with Gasteiger partial charge in [0.2, 0.25) is 21.8 Å². The number of carbonyl (C=O) groups is 2. The van der Waals surface area contributed by atoms with Gasteiger partial charge in [-0.3, -0.25) is 13.9 Å². The van der Waals surface area contributed by atoms with Gasteiger partial charge in [-0.05, 0) is 63.8 Å². The van der Waals surface area contributed by atoms with Gasteiger partial charge < -0.3 is 10.2 Å². The van der Waals surface area contributed by atoms with Gasteiger partial charge in [-0.1, -0.05) is 37.3 Å². The van der Waals surface area contributed by atoms with Crippen molar-refractivity contribution in [2.24, 2.45) is 0 Å². The number of hydrogen-bond acceptors (Lipinski definition) is 4. The molecule has 0 aliphatic carbocycles. The molecule has 2 rings (SSSR count). The third-order valence-electron chi connectivity index (χ3n) is 6.25. The van der Waals surface area contributed by atoms with Crippen molar-refractivity contribution in [2.45, 2.75) is 72.5 Å². The van der Waals surface area contributed by atoms with Crippen LogP contribution in [0.3, 0.4) is 0 Å². The number of amides is 2. The predicted octanol–water partition coefficient (Wildman–Crippen LogP) is 4.32. The molecule has 2 amide bonds. The molecule has 0 fully saturated rings. The van der Waals surface area contributed by atoms with Gasteiger partial charge in [0.25, 0.3) is 0 Å². The Balaban J connectivity index is 2.22. The number of anilines is 1. The number of sulfonamides is 1. The highest BCUT2D eigenvalue weighted by Crippen LogP contribution is 2.25. The molecule has 0 aromatic heterocycles. The minimum absolute atomic E-state index is 0.00624. The van der Waals surface area contributed by atoms with Gasteiger partial charge in [-0.15, -0.1) is 0 Å². The SMILES string of the molecule is CCC(C)NC(=O)C(C)N(Cc1ccccc1F)C(=O)CCCN(c1cc(C)ccc1C)S(C)(=O)=O. The smallest absolute Gasteiger partial charge is 0.242 e. The molecule has 7 nitrogen and oxygen atoms in total. The third-order valence-corrected chi connectivity index (χ3v) is 7.43. The van der Waals surface area contributed by atoms with Crippen molar-refractivity contribution in [3.05, 3.63) is 65.0 Å². The lowest BCUT2D eigenvalue weighted by atomic mass is 10.1. The predicted molar refractivity (Wildman–Crippen MR) is 142 cm³/mol. The fraction of sp³-hybridized carbons (Fsp3) is 0.481. The molecular formula is C27H38FN3O4S. The van der Waals surface area contributed by atoms with E-state index in [-0.39, 0.29) is 43.8 Å². The van der Waals surface area contributed by atoms with E-state index in [0.717, 1.165) is 23.8 Å². The van der Waals surface area contributed by atoms with E-state index >= 15 is 0 Å². The van der Waals surface area contributed by atoms with Crippen LogP contribution in [0.5, 0.6) is 0 Å². The molecule has 36 heavy (non-hydrogen) atoms. The van der Waals surface area contributed by atoms with Gasteiger partial charge in [0.15, 0.2) is 0 Å². The molecule has 9 heteroatoms. The molecular weight excluding hydrogens is 481 g/mol. The molecule has 198 valence electrons. The van der Waals surface area contributed by atoms with Gasteiger partial charge in [0.1, 0.15) is 11.9 Å². The summed E-state index contributed by atoms with van der Waals surface area (Å²) in [6.07, 6.45) is 2.13. The summed E-state index contributed by atoms with van der Waals surface area (Å²) >= 11 is 0. The van der Waals surface area contributed by atoms with Crippen molar-refractivity contribution in [3.8, 4) is 0 Å². The number of halogens is 1. The lowest BCUT2D eigenvalue weighted by Gasteiger charge is -2.30. The van der Waals surface area contributed by atoms with E-state index in [1.54, 1.807) is 25.1 Å². The first-order valence-electron chi connectivity index (χ1n) is 12.2. The van der Waals surface area contributed by atoms with Crippen LogP contribution in [0.4, 0.5) is 10.1 Å². The molecule has 1 N–H and O–H groups in total. The van der Waals surface area contributed by atoms with Crippen LogP contribution in [0.15, 0.2) is 42.5 Å². The summed E-state index contributed by atoms with van der Waals surface area (Å²) in [5, 5.41) is 2.88. The van der Waals surface area contributed by atoms with E-state index in [4.69, 9.17) is 0 Å². The molecule has 2 unspecified atom stereocenters. The Morgan fingerprint density at radius 2 is 1.75 bits per heavy atom. The molecule has 0 saturated carbocycles. The maximum atomic E-state index is 14.4. The molecule has 0 heterocycles. The maximum Gasteiger partial charge on any atom is 0.242 e. The van der Waals surface area contributed by atoms with E-state index < -0.39 is 21.9 Å². The highest BCUT2D eigenvalue weighted by molar-refractivity contribution is 7.92. The normalized spacial score (nSPS) is 13.1. The third kappa shape index (κ3) is 8.05. The molecule has 0 aliphatic rings. The Labute approximate surface area is 214 Å². The van der Waals surface area contributed by atoms with Crippen LogP contribution in [0.25, 0.3) is 0 Å². The van der Waals surface area contributed by atoms with E-state index in [0.29, 0.717) is 11.3 Å². The lowest BCUT2D eigenvalue weighted by molar-refractivity contribution is -0.141. The molecule has 2 aromatic rings. The Kier molecular flexibility index (Phi) is 10.5. The quantitative estimate of drug-likeness (QED) is 0.453. The van der Waals surface area contributed by atoms with Gasteiger partial charge >= 0.3 is 0 Å². The number of benzene rings is 2. The van der Waals surface area contributed by atoms with Crippen molar-refractivity contribution in [3.63, 3.8) is 0 Å². The van der Waals surface area contributed by atoms with E-state index in [1.807, 2.05) is 45.9 Å². The molecule has 0 bridgehead atoms. The minimum atomic E-state index is -3.58. The molecule has 2 aromatic carbocycles. The fourth-order valence-corrected chi connectivity index (χ4v) is 4.84. The first-order valence-corrected chi connectivity index (χ1v) is 14.1. The molecule has 2 atom stereocenters. The van der Waals surface area contributed by atoms with E-state index in [1.165, 1.54) is 15.3 Å². The zero-order valence-corrected chi connectivity index (χ0v) is 22.9. The molecule has 0 saturated heterocycles. The van der Waals surface area contributed by atoms with Crippen LogP contribution in [-0.2, 0) is 26.2 Å². The van der Waals surface area contributed by atoms with Crippen molar-refractivity contribution >= 4 is 27.5 Å². The van der Waals surface area contributed by atoms with Crippen molar-refractivity contribution in [1.82, 2.24) is 10.2 Å². The van der Waals surface area contributed by atoms with Crippen molar-refractivity contribution in [1.29, 1.82) is 0 Å². The summed E-state index contributed by atoms with van der Waals surface area (Å²) in [4.78, 5) is 27.5. The van der Waals surface area contributed by atoms with E-state index in [2.05, 4.69) is 5.32 Å². The number of aryl methyl sites for hydroxylation is 2. The van der Waals surface area contributed by atoms with Crippen LogP contribution in [-0.4, -0.2) is 50.0 Å². The second-order valence-corrected chi connectivity index (χ2v) is 11.2. The minimum Gasteiger partial charge on any atom is -0.352 e. The molecule has 0 radical (unpaired) electrons. The summed E-state index contributed by atoms with van der Waals surface area (Å²) in [5.74, 6) is -1.12. The van der Waals surface area contributed by atoms with Gasteiger partial charge in [-0.25, -0.2) is 12.8 Å². The van der Waals surface area contributed by atoms with Crippen molar-refractivity contribution < 1.29 is 22.4 Å². The number of carbonyl (C=O) groups excluding carboxylic acids is 2. The summed E-state index contributed by atoms with van der Waals surface area (Å²) in [7, 11) is -3.58. The van der Waals surface area contributed by atoms with Gasteiger partial charge in [-0.2, -0.15) is 0 Å². The number of hydrogen-bond donors (Lipinski definition) is 1. The Morgan fingerprint density at radius 3 is 2.36 bits per heavy atom. The summed E-state index contributed by atoms with van der Waals surface area (Å²) < 4.78 is 40.8. The zero-order valence-electron chi connectivity index (χ0n) is 22.0. The van der Waals surface area contributed by atoms with Crippen LogP contribution in [0.2, 0.25) is 0 Å². The molecule has 0 spiro atoms. The Bertz CT molecular complexity index is 1170. The van der Waals surface area contributed by atoms with Gasteiger partial charge in [0, 0.05) is 31.1 Å². The average Bonchev–Trinajstić information content (AvgIpc) is 2.81. The standard InChI is InChI=1S/C27H38FN3O4S/c1-7-21(4)29-27(33)22(5)30(18-23-11-8-9-12-24(23)28)26(32)13-10-16-31(36(6,34)35)25-17-19(2)14-15-20(25)3/h8-9,11-12,14-15,17,21-22H,7,10,13,16,18H2,1-6H3,(H,29,33). The summed E-state index contributed by atoms with van der Waals surface area (Å²) in [6.45, 7) is 9.21. The first kappa shape index (κ1) is 29.3. The second-order valence-electron chi connectivity index (χ2n) is 9.34.